The zero-order chi connectivity index (χ0) is 18.8. The molecule has 26 heavy (non-hydrogen) atoms. The van der Waals surface area contributed by atoms with Crippen molar-refractivity contribution in [3.05, 3.63) is 57.9 Å². The van der Waals surface area contributed by atoms with Crippen molar-refractivity contribution in [2.24, 2.45) is 7.05 Å². The molecule has 0 atom stereocenters. The molecule has 0 saturated heterocycles. The van der Waals surface area contributed by atoms with Crippen molar-refractivity contribution in [3.8, 4) is 0 Å². The summed E-state index contributed by atoms with van der Waals surface area (Å²) in [6.45, 7) is 3.62. The average molecular weight is 372 g/mol. The fraction of sp³-hybridized carbons (Fsp3) is 0.222. The molecule has 3 rings (SSSR count). The highest BCUT2D eigenvalue weighted by atomic mass is 35.5. The first-order valence-electron chi connectivity index (χ1n) is 7.99. The number of carbonyl (C=O) groups excluding carboxylic acids is 2. The molecular weight excluding hydrogens is 354 g/mol. The molecule has 8 heteroatoms. The second-order valence-corrected chi connectivity index (χ2v) is 6.46. The molecule has 1 aromatic carbocycles. The Hall–Kier alpha value is -2.93. The molecule has 0 aliphatic heterocycles. The first-order valence-corrected chi connectivity index (χ1v) is 8.37. The lowest BCUT2D eigenvalue weighted by atomic mass is 10.1. The van der Waals surface area contributed by atoms with Crippen molar-refractivity contribution >= 4 is 34.4 Å². The van der Waals surface area contributed by atoms with Crippen LogP contribution in [0, 0.1) is 13.8 Å². The Morgan fingerprint density at radius 1 is 1.15 bits per heavy atom. The summed E-state index contributed by atoms with van der Waals surface area (Å²) in [6, 6.07) is 8.63. The fourth-order valence-corrected chi connectivity index (χ4v) is 2.90. The first kappa shape index (κ1) is 17.9. The van der Waals surface area contributed by atoms with E-state index in [2.05, 4.69) is 20.9 Å². The monoisotopic (exact) mass is 371 g/mol. The predicted octanol–water partition coefficient (Wildman–Crippen LogP) is 2.24. The molecule has 3 aromatic rings. The highest BCUT2D eigenvalue weighted by Gasteiger charge is 2.18. The van der Waals surface area contributed by atoms with Gasteiger partial charge in [-0.2, -0.15) is 5.10 Å². The third-order valence-corrected chi connectivity index (χ3v) is 4.19. The maximum atomic E-state index is 12.6. The van der Waals surface area contributed by atoms with Gasteiger partial charge in [-0.25, -0.2) is 4.98 Å². The number of amides is 2. The largest absolute Gasteiger partial charge is 0.273 e. The number of fused-ring (bicyclic) bond motifs is 1. The highest BCUT2D eigenvalue weighted by molar-refractivity contribution is 6.30. The molecule has 0 fully saturated rings. The predicted molar refractivity (Wildman–Crippen MR) is 98.7 cm³/mol. The summed E-state index contributed by atoms with van der Waals surface area (Å²) in [4.78, 5) is 29.0. The molecule has 0 saturated carbocycles. The Balaban J connectivity index is 1.73. The van der Waals surface area contributed by atoms with E-state index in [1.54, 1.807) is 49.0 Å². The van der Waals surface area contributed by atoms with Crippen LogP contribution >= 0.6 is 11.6 Å². The lowest BCUT2D eigenvalue weighted by molar-refractivity contribution is -0.121. The van der Waals surface area contributed by atoms with E-state index in [9.17, 15) is 9.59 Å². The number of hydrazine groups is 1. The summed E-state index contributed by atoms with van der Waals surface area (Å²) < 4.78 is 1.63. The Bertz CT molecular complexity index is 995. The van der Waals surface area contributed by atoms with Crippen LogP contribution in [0.5, 0.6) is 0 Å². The number of nitrogens with one attached hydrogen (secondary N) is 2. The second kappa shape index (κ2) is 7.13. The number of carbonyl (C=O) groups is 2. The third kappa shape index (κ3) is 3.67. The van der Waals surface area contributed by atoms with Crippen LogP contribution in [0.3, 0.4) is 0 Å². The Morgan fingerprint density at radius 2 is 1.85 bits per heavy atom. The molecule has 2 amide bonds. The number of rotatable bonds is 3. The van der Waals surface area contributed by atoms with Gasteiger partial charge >= 0.3 is 0 Å². The van der Waals surface area contributed by atoms with Crippen molar-refractivity contribution in [2.75, 3.05) is 0 Å². The van der Waals surface area contributed by atoms with Crippen LogP contribution in [-0.2, 0) is 18.3 Å². The molecule has 2 aromatic heterocycles. The normalized spacial score (nSPS) is 10.8. The maximum absolute atomic E-state index is 12.6. The van der Waals surface area contributed by atoms with Crippen LogP contribution < -0.4 is 10.9 Å². The van der Waals surface area contributed by atoms with Crippen LogP contribution in [0.25, 0.3) is 11.0 Å². The molecule has 0 unspecified atom stereocenters. The van der Waals surface area contributed by atoms with Gasteiger partial charge in [0.1, 0.15) is 0 Å². The van der Waals surface area contributed by atoms with E-state index >= 15 is 0 Å². The SMILES string of the molecule is Cc1cc(C(=O)NNC(=O)Cc2ccc(Cl)cc2)c2c(C)nn(C)c2n1. The minimum Gasteiger partial charge on any atom is -0.273 e. The minimum absolute atomic E-state index is 0.133. The van der Waals surface area contributed by atoms with Crippen molar-refractivity contribution < 1.29 is 9.59 Å². The summed E-state index contributed by atoms with van der Waals surface area (Å²) in [5.41, 5.74) is 8.13. The van der Waals surface area contributed by atoms with Gasteiger partial charge in [-0.15, -0.1) is 0 Å². The van der Waals surface area contributed by atoms with Gasteiger partial charge in [0, 0.05) is 17.8 Å². The van der Waals surface area contributed by atoms with Gasteiger partial charge in [-0.1, -0.05) is 23.7 Å². The number of benzene rings is 1. The van der Waals surface area contributed by atoms with E-state index in [0.717, 1.165) is 5.56 Å². The van der Waals surface area contributed by atoms with Crippen LogP contribution in [0.15, 0.2) is 30.3 Å². The molecule has 0 aliphatic rings. The molecule has 2 N–H and O–H groups in total. The van der Waals surface area contributed by atoms with E-state index in [-0.39, 0.29) is 12.3 Å². The topological polar surface area (TPSA) is 88.9 Å². The molecular formula is C18H18ClN5O2. The highest BCUT2D eigenvalue weighted by Crippen LogP contribution is 2.21. The minimum atomic E-state index is -0.416. The molecule has 0 bridgehead atoms. The number of halogens is 1. The molecule has 7 nitrogen and oxygen atoms in total. The summed E-state index contributed by atoms with van der Waals surface area (Å²) in [5.74, 6) is -0.744. The van der Waals surface area contributed by atoms with Gasteiger partial charge in [0.2, 0.25) is 5.91 Å². The summed E-state index contributed by atoms with van der Waals surface area (Å²) in [7, 11) is 1.78. The van der Waals surface area contributed by atoms with Crippen LogP contribution in [0.2, 0.25) is 5.02 Å². The first-order chi connectivity index (χ1) is 12.3. The van der Waals surface area contributed by atoms with Gasteiger partial charge in [0.15, 0.2) is 5.65 Å². The Kier molecular flexibility index (Phi) is 4.90. The van der Waals surface area contributed by atoms with Crippen molar-refractivity contribution in [1.29, 1.82) is 0 Å². The number of hydrogen-bond acceptors (Lipinski definition) is 4. The summed E-state index contributed by atoms with van der Waals surface area (Å²) in [6.07, 6.45) is 0.133. The Labute approximate surface area is 155 Å². The van der Waals surface area contributed by atoms with Gasteiger partial charge in [-0.05, 0) is 37.6 Å². The summed E-state index contributed by atoms with van der Waals surface area (Å²) >= 11 is 5.82. The van der Waals surface area contributed by atoms with E-state index in [1.165, 1.54) is 0 Å². The zero-order valence-corrected chi connectivity index (χ0v) is 15.4. The second-order valence-electron chi connectivity index (χ2n) is 6.02. The quantitative estimate of drug-likeness (QED) is 0.691. The van der Waals surface area contributed by atoms with Crippen molar-refractivity contribution in [2.45, 2.75) is 20.3 Å². The van der Waals surface area contributed by atoms with Crippen LogP contribution in [0.1, 0.15) is 27.3 Å². The van der Waals surface area contributed by atoms with E-state index in [1.807, 2.05) is 6.92 Å². The van der Waals surface area contributed by atoms with Gasteiger partial charge in [-0.3, -0.25) is 25.1 Å². The maximum Gasteiger partial charge on any atom is 0.270 e. The number of nitrogens with zero attached hydrogens (tertiary/aromatic N) is 3. The Morgan fingerprint density at radius 3 is 2.54 bits per heavy atom. The molecule has 0 radical (unpaired) electrons. The van der Waals surface area contributed by atoms with E-state index in [0.29, 0.717) is 33.0 Å². The van der Waals surface area contributed by atoms with Gasteiger partial charge in [0.05, 0.1) is 23.1 Å². The van der Waals surface area contributed by atoms with E-state index in [4.69, 9.17) is 11.6 Å². The fourth-order valence-electron chi connectivity index (χ4n) is 2.77. The number of aromatic nitrogens is 3. The molecule has 134 valence electrons. The van der Waals surface area contributed by atoms with Crippen molar-refractivity contribution in [1.82, 2.24) is 25.6 Å². The number of pyridine rings is 1. The molecule has 2 heterocycles. The molecule has 0 spiro atoms. The number of aryl methyl sites for hydroxylation is 3. The van der Waals surface area contributed by atoms with Crippen LogP contribution in [0.4, 0.5) is 0 Å². The lowest BCUT2D eigenvalue weighted by Crippen LogP contribution is -2.42. The standard InChI is InChI=1S/C18H18ClN5O2/c1-10-8-14(16-11(2)23-24(3)17(16)20-10)18(26)22-21-15(25)9-12-4-6-13(19)7-5-12/h4-8H,9H2,1-3H3,(H,21,25)(H,22,26). The van der Waals surface area contributed by atoms with E-state index < -0.39 is 5.91 Å². The number of hydrogen-bond donors (Lipinski definition) is 2. The average Bonchev–Trinajstić information content (AvgIpc) is 2.88. The smallest absolute Gasteiger partial charge is 0.270 e. The van der Waals surface area contributed by atoms with Crippen molar-refractivity contribution in [3.63, 3.8) is 0 Å². The third-order valence-electron chi connectivity index (χ3n) is 3.93. The molecule has 0 aliphatic carbocycles. The summed E-state index contributed by atoms with van der Waals surface area (Å²) in [5, 5.41) is 5.58. The van der Waals surface area contributed by atoms with Crippen LogP contribution in [-0.4, -0.2) is 26.6 Å². The zero-order valence-electron chi connectivity index (χ0n) is 14.6. The van der Waals surface area contributed by atoms with Gasteiger partial charge < -0.3 is 0 Å². The van der Waals surface area contributed by atoms with Gasteiger partial charge in [0.25, 0.3) is 5.91 Å². The lowest BCUT2D eigenvalue weighted by Gasteiger charge is -2.09.